The number of carbonyl (C=O) groups is 4. The molecule has 1 atom stereocenters. The maximum Gasteiger partial charge on any atom is 0.320 e. The molecule has 0 saturated heterocycles. The third kappa shape index (κ3) is 4.90. The van der Waals surface area contributed by atoms with Crippen LogP contribution in [0.5, 0.6) is 5.75 Å². The number of nitrogens with one attached hydrogen (secondary N) is 3. The third-order valence-corrected chi connectivity index (χ3v) is 5.94. The number of amides is 4. The number of methoxy groups -OCH3 is 1. The van der Waals surface area contributed by atoms with E-state index in [4.69, 9.17) is 4.74 Å². The van der Waals surface area contributed by atoms with E-state index in [9.17, 15) is 19.2 Å². The van der Waals surface area contributed by atoms with E-state index in [2.05, 4.69) is 16.0 Å². The molecule has 184 valence electrons. The fourth-order valence-corrected chi connectivity index (χ4v) is 4.26. The molecule has 0 fully saturated rings. The molecular formula is C27H26N4O5. The Kier molecular flexibility index (Phi) is 7.00. The molecule has 0 aromatic heterocycles. The van der Waals surface area contributed by atoms with Crippen LogP contribution in [0.3, 0.4) is 0 Å². The largest absolute Gasteiger partial charge is 0.497 e. The maximum atomic E-state index is 13.7. The lowest BCUT2D eigenvalue weighted by Gasteiger charge is -2.29. The number of carbonyl (C=O) groups excluding carboxylic acids is 4. The van der Waals surface area contributed by atoms with Gasteiger partial charge < -0.3 is 30.4 Å². The average Bonchev–Trinajstić information content (AvgIpc) is 3.08. The first-order chi connectivity index (χ1) is 17.4. The number of hydrogen-bond donors (Lipinski definition) is 3. The quantitative estimate of drug-likeness (QED) is 0.421. The summed E-state index contributed by atoms with van der Waals surface area (Å²) in [5.41, 5.74) is 1.19. The zero-order chi connectivity index (χ0) is 25.7. The van der Waals surface area contributed by atoms with Gasteiger partial charge in [0, 0.05) is 23.0 Å². The summed E-state index contributed by atoms with van der Waals surface area (Å²) in [6, 6.07) is 20.0. The highest BCUT2D eigenvalue weighted by Gasteiger charge is 2.53. The molecule has 9 nitrogen and oxygen atoms in total. The van der Waals surface area contributed by atoms with Crippen LogP contribution >= 0.6 is 0 Å². The number of rotatable bonds is 8. The van der Waals surface area contributed by atoms with Crippen LogP contribution in [0.4, 0.5) is 21.9 Å². The Morgan fingerprint density at radius 3 is 2.44 bits per heavy atom. The first kappa shape index (κ1) is 24.5. The van der Waals surface area contributed by atoms with E-state index in [0.29, 0.717) is 34.7 Å². The number of aldehydes is 1. The number of benzene rings is 3. The van der Waals surface area contributed by atoms with Crippen molar-refractivity contribution in [3.8, 4) is 5.75 Å². The van der Waals surface area contributed by atoms with Gasteiger partial charge in [-0.2, -0.15) is 0 Å². The molecule has 3 N–H and O–H groups in total. The smallest absolute Gasteiger partial charge is 0.320 e. The van der Waals surface area contributed by atoms with E-state index in [-0.39, 0.29) is 13.0 Å². The molecule has 36 heavy (non-hydrogen) atoms. The molecule has 0 aliphatic carbocycles. The first-order valence-corrected chi connectivity index (χ1v) is 11.3. The number of anilines is 3. The minimum Gasteiger partial charge on any atom is -0.497 e. The van der Waals surface area contributed by atoms with Gasteiger partial charge in [-0.25, -0.2) is 4.79 Å². The number of ether oxygens (including phenoxy) is 1. The molecule has 3 aromatic rings. The second-order valence-corrected chi connectivity index (χ2v) is 8.41. The van der Waals surface area contributed by atoms with Gasteiger partial charge in [-0.05, 0) is 37.3 Å². The molecule has 3 aromatic carbocycles. The number of urea groups is 1. The van der Waals surface area contributed by atoms with Crippen molar-refractivity contribution in [1.82, 2.24) is 5.32 Å². The van der Waals surface area contributed by atoms with Crippen molar-refractivity contribution >= 4 is 41.2 Å². The summed E-state index contributed by atoms with van der Waals surface area (Å²) >= 11 is 0. The Labute approximate surface area is 208 Å². The van der Waals surface area contributed by atoms with Crippen molar-refractivity contribution in [2.45, 2.75) is 18.9 Å². The first-order valence-electron chi connectivity index (χ1n) is 11.3. The Balaban J connectivity index is 1.67. The minimum atomic E-state index is -1.72. The van der Waals surface area contributed by atoms with E-state index < -0.39 is 23.4 Å². The molecular weight excluding hydrogens is 460 g/mol. The summed E-state index contributed by atoms with van der Waals surface area (Å²) < 4.78 is 5.19. The third-order valence-electron chi connectivity index (χ3n) is 5.94. The maximum absolute atomic E-state index is 13.7. The van der Waals surface area contributed by atoms with Crippen molar-refractivity contribution in [3.05, 3.63) is 83.9 Å². The fourth-order valence-electron chi connectivity index (χ4n) is 4.26. The lowest BCUT2D eigenvalue weighted by Crippen LogP contribution is -2.56. The van der Waals surface area contributed by atoms with Crippen LogP contribution in [0.25, 0.3) is 0 Å². The highest BCUT2D eigenvalue weighted by atomic mass is 16.5. The van der Waals surface area contributed by atoms with Gasteiger partial charge in [0.15, 0.2) is 5.54 Å². The second kappa shape index (κ2) is 10.3. The number of fused-ring (bicyclic) bond motifs is 1. The van der Waals surface area contributed by atoms with Crippen molar-refractivity contribution in [2.24, 2.45) is 0 Å². The van der Waals surface area contributed by atoms with Crippen LogP contribution in [0, 0.1) is 6.92 Å². The number of nitrogens with zero attached hydrogens (tertiary/aromatic N) is 1. The molecule has 0 bridgehead atoms. The van der Waals surface area contributed by atoms with Crippen molar-refractivity contribution in [3.63, 3.8) is 0 Å². The van der Waals surface area contributed by atoms with Crippen molar-refractivity contribution in [1.29, 1.82) is 0 Å². The Bertz CT molecular complexity index is 1310. The molecule has 1 aliphatic rings. The van der Waals surface area contributed by atoms with Crippen molar-refractivity contribution in [2.75, 3.05) is 29.2 Å². The van der Waals surface area contributed by atoms with Gasteiger partial charge in [0.1, 0.15) is 12.0 Å². The van der Waals surface area contributed by atoms with Gasteiger partial charge in [-0.15, -0.1) is 0 Å². The Hall–Kier alpha value is -4.66. The summed E-state index contributed by atoms with van der Waals surface area (Å²) in [5, 5.41) is 8.22. The van der Waals surface area contributed by atoms with Gasteiger partial charge in [0.2, 0.25) is 5.91 Å². The molecule has 1 aliphatic heterocycles. The average molecular weight is 487 g/mol. The highest BCUT2D eigenvalue weighted by molar-refractivity contribution is 6.13. The second-order valence-electron chi connectivity index (χ2n) is 8.41. The molecule has 0 spiro atoms. The summed E-state index contributed by atoms with van der Waals surface area (Å²) in [4.78, 5) is 52.6. The van der Waals surface area contributed by atoms with E-state index >= 15 is 0 Å². The standard InChI is InChI=1S/C27H26N4O5/c1-18-10-12-19(13-11-18)28-24(33)17-27(30-26(35)29-20-6-5-7-21(16-20)36-2)22-8-3-4-9-23(22)31(14-15-32)25(27)34/h3-13,15-16H,14,17H2,1-2H3,(H,28,33)(H2,29,30,35)/t27-/m0/s1. The van der Waals surface area contributed by atoms with Gasteiger partial charge in [0.25, 0.3) is 5.91 Å². The van der Waals surface area contributed by atoms with Gasteiger partial charge in [-0.3, -0.25) is 9.59 Å². The topological polar surface area (TPSA) is 117 Å². The van der Waals surface area contributed by atoms with Crippen LogP contribution in [0.1, 0.15) is 17.5 Å². The zero-order valence-corrected chi connectivity index (χ0v) is 19.9. The van der Waals surface area contributed by atoms with Crippen LogP contribution in [0.2, 0.25) is 0 Å². The summed E-state index contributed by atoms with van der Waals surface area (Å²) in [6.07, 6.45) is 0.227. The zero-order valence-electron chi connectivity index (χ0n) is 19.9. The molecule has 0 unspecified atom stereocenters. The minimum absolute atomic E-state index is 0.212. The monoisotopic (exact) mass is 486 g/mol. The molecule has 0 radical (unpaired) electrons. The number of para-hydroxylation sites is 1. The Morgan fingerprint density at radius 1 is 0.972 bits per heavy atom. The molecule has 1 heterocycles. The van der Waals surface area contributed by atoms with E-state index in [1.54, 1.807) is 60.7 Å². The molecule has 4 amide bonds. The molecule has 0 saturated carbocycles. The number of hydrogen-bond acceptors (Lipinski definition) is 5. The summed E-state index contributed by atoms with van der Waals surface area (Å²) in [7, 11) is 1.51. The lowest BCUT2D eigenvalue weighted by molar-refractivity contribution is -0.128. The van der Waals surface area contributed by atoms with Gasteiger partial charge >= 0.3 is 6.03 Å². The highest BCUT2D eigenvalue weighted by Crippen LogP contribution is 2.42. The van der Waals surface area contributed by atoms with Crippen molar-refractivity contribution < 1.29 is 23.9 Å². The predicted octanol–water partition coefficient (Wildman–Crippen LogP) is 3.59. The SMILES string of the molecule is COc1cccc(NC(=O)N[C@]2(CC(=O)Nc3ccc(C)cc3)C(=O)N(CC=O)c3ccccc32)c1. The van der Waals surface area contributed by atoms with Crippen LogP contribution < -0.4 is 25.6 Å². The summed E-state index contributed by atoms with van der Waals surface area (Å²) in [6.45, 7) is 1.72. The van der Waals surface area contributed by atoms with Gasteiger partial charge in [0.05, 0.1) is 25.8 Å². The van der Waals surface area contributed by atoms with E-state index in [0.717, 1.165) is 5.56 Å². The molecule has 9 heteroatoms. The molecule has 4 rings (SSSR count). The Morgan fingerprint density at radius 2 is 1.72 bits per heavy atom. The summed E-state index contributed by atoms with van der Waals surface area (Å²) in [5.74, 6) is -0.508. The number of aryl methyl sites for hydroxylation is 1. The predicted molar refractivity (Wildman–Crippen MR) is 136 cm³/mol. The van der Waals surface area contributed by atoms with Crippen LogP contribution in [-0.2, 0) is 19.9 Å². The van der Waals surface area contributed by atoms with E-state index in [1.165, 1.54) is 12.0 Å². The van der Waals surface area contributed by atoms with Crippen LogP contribution in [0.15, 0.2) is 72.8 Å². The fraction of sp³-hybridized carbons (Fsp3) is 0.185. The van der Waals surface area contributed by atoms with Crippen LogP contribution in [-0.4, -0.2) is 37.8 Å². The normalized spacial score (nSPS) is 16.2. The van der Waals surface area contributed by atoms with Gasteiger partial charge in [-0.1, -0.05) is 42.0 Å². The van der Waals surface area contributed by atoms with E-state index in [1.807, 2.05) is 19.1 Å². The lowest BCUT2D eigenvalue weighted by atomic mass is 9.87.